The molecule has 0 saturated heterocycles. The number of hydrogen-bond acceptors (Lipinski definition) is 3. The molecule has 1 aromatic carbocycles. The molecule has 0 aliphatic carbocycles. The molecule has 0 saturated carbocycles. The quantitative estimate of drug-likeness (QED) is 0.790. The van der Waals surface area contributed by atoms with Gasteiger partial charge in [-0.2, -0.15) is 0 Å². The third-order valence-corrected chi connectivity index (χ3v) is 2.63. The van der Waals surface area contributed by atoms with E-state index >= 15 is 0 Å². The number of phenols is 1. The molecule has 1 aromatic heterocycles. The van der Waals surface area contributed by atoms with E-state index in [-0.39, 0.29) is 5.75 Å². The first-order chi connectivity index (χ1) is 8.28. The number of aromatic hydroxyl groups is 1. The lowest BCUT2D eigenvalue weighted by molar-refractivity contribution is 0.0544. The van der Waals surface area contributed by atoms with Crippen molar-refractivity contribution in [1.82, 2.24) is 4.57 Å². The molecular formula is C13H14ClNO3. The van der Waals surface area contributed by atoms with E-state index in [1.807, 2.05) is 0 Å². The number of nitrogens with zero attached hydrogens (tertiary/aromatic N) is 1. The third kappa shape index (κ3) is 2.43. The van der Waals surface area contributed by atoms with Crippen molar-refractivity contribution in [2.45, 2.75) is 26.4 Å². The number of carbonyl (C=O) groups is 1. The lowest BCUT2D eigenvalue weighted by Crippen LogP contribution is -2.26. The normalized spacial score (nSPS) is 11.8. The zero-order chi connectivity index (χ0) is 13.5. The van der Waals surface area contributed by atoms with Crippen LogP contribution in [0.3, 0.4) is 0 Å². The molecule has 0 radical (unpaired) electrons. The fraction of sp³-hybridized carbons (Fsp3) is 0.308. The molecule has 4 nitrogen and oxygen atoms in total. The standard InChI is InChI=1S/C13H14ClNO3/c1-13(2,3)18-12(17)15-7-10(14)9-6-8(16)4-5-11(9)15/h4-7,16H,1-3H3. The van der Waals surface area contributed by atoms with Crippen LogP contribution in [0.2, 0.25) is 5.02 Å². The molecule has 0 aliphatic rings. The molecule has 0 bridgehead atoms. The summed E-state index contributed by atoms with van der Waals surface area (Å²) >= 11 is 6.03. The maximum absolute atomic E-state index is 12.0. The Hall–Kier alpha value is -1.68. The average Bonchev–Trinajstić information content (AvgIpc) is 2.54. The van der Waals surface area contributed by atoms with Crippen LogP contribution in [0, 0.1) is 0 Å². The Balaban J connectivity index is 2.49. The minimum absolute atomic E-state index is 0.103. The van der Waals surface area contributed by atoms with Crippen LogP contribution >= 0.6 is 11.6 Å². The van der Waals surface area contributed by atoms with Gasteiger partial charge in [0.1, 0.15) is 11.4 Å². The van der Waals surface area contributed by atoms with Crippen LogP contribution in [0.4, 0.5) is 4.79 Å². The van der Waals surface area contributed by atoms with E-state index in [4.69, 9.17) is 16.3 Å². The number of hydrogen-bond donors (Lipinski definition) is 1. The van der Waals surface area contributed by atoms with Gasteiger partial charge in [-0.15, -0.1) is 0 Å². The van der Waals surface area contributed by atoms with Gasteiger partial charge in [0.2, 0.25) is 0 Å². The van der Waals surface area contributed by atoms with Gasteiger partial charge < -0.3 is 9.84 Å². The van der Waals surface area contributed by atoms with E-state index in [0.717, 1.165) is 0 Å². The first-order valence-corrected chi connectivity index (χ1v) is 5.89. The van der Waals surface area contributed by atoms with Crippen molar-refractivity contribution in [3.63, 3.8) is 0 Å². The van der Waals surface area contributed by atoms with Gasteiger partial charge in [-0.25, -0.2) is 4.79 Å². The highest BCUT2D eigenvalue weighted by atomic mass is 35.5. The van der Waals surface area contributed by atoms with Crippen molar-refractivity contribution in [2.24, 2.45) is 0 Å². The molecule has 2 rings (SSSR count). The molecule has 0 atom stereocenters. The summed E-state index contributed by atoms with van der Waals surface area (Å²) in [6.45, 7) is 5.39. The van der Waals surface area contributed by atoms with E-state index in [1.165, 1.54) is 22.9 Å². The minimum Gasteiger partial charge on any atom is -0.508 e. The van der Waals surface area contributed by atoms with Crippen molar-refractivity contribution in [1.29, 1.82) is 0 Å². The Morgan fingerprint density at radius 2 is 2.06 bits per heavy atom. The van der Waals surface area contributed by atoms with E-state index in [9.17, 15) is 9.90 Å². The highest BCUT2D eigenvalue weighted by Crippen LogP contribution is 2.29. The van der Waals surface area contributed by atoms with E-state index in [2.05, 4.69) is 0 Å². The van der Waals surface area contributed by atoms with Crippen molar-refractivity contribution in [3.8, 4) is 5.75 Å². The molecule has 1 N–H and O–H groups in total. The summed E-state index contributed by atoms with van der Waals surface area (Å²) in [7, 11) is 0. The maximum Gasteiger partial charge on any atom is 0.419 e. The molecule has 0 fully saturated rings. The Bertz CT molecular complexity index is 610. The molecule has 0 aliphatic heterocycles. The second-order valence-corrected chi connectivity index (χ2v) is 5.44. The number of carbonyl (C=O) groups excluding carboxylic acids is 1. The molecule has 96 valence electrons. The monoisotopic (exact) mass is 267 g/mol. The Morgan fingerprint density at radius 1 is 1.39 bits per heavy atom. The second kappa shape index (κ2) is 4.21. The number of rotatable bonds is 0. The van der Waals surface area contributed by atoms with E-state index in [0.29, 0.717) is 15.9 Å². The van der Waals surface area contributed by atoms with Gasteiger partial charge in [-0.05, 0) is 39.0 Å². The zero-order valence-electron chi connectivity index (χ0n) is 10.4. The van der Waals surface area contributed by atoms with Gasteiger partial charge in [-0.3, -0.25) is 4.57 Å². The summed E-state index contributed by atoms with van der Waals surface area (Å²) in [6, 6.07) is 4.64. The highest BCUT2D eigenvalue weighted by Gasteiger charge is 2.20. The first kappa shape index (κ1) is 12.8. The Kier molecular flexibility index (Phi) is 2.99. The maximum atomic E-state index is 12.0. The van der Waals surface area contributed by atoms with Gasteiger partial charge in [0.05, 0.1) is 10.5 Å². The summed E-state index contributed by atoms with van der Waals surface area (Å²) in [5.74, 6) is 0.103. The van der Waals surface area contributed by atoms with Crippen LogP contribution in [0.25, 0.3) is 10.9 Å². The summed E-state index contributed by atoms with van der Waals surface area (Å²) < 4.78 is 6.61. The molecule has 0 spiro atoms. The zero-order valence-corrected chi connectivity index (χ0v) is 11.2. The molecular weight excluding hydrogens is 254 g/mol. The van der Waals surface area contributed by atoms with Gasteiger partial charge >= 0.3 is 6.09 Å². The van der Waals surface area contributed by atoms with Gasteiger partial charge in [0.15, 0.2) is 0 Å². The van der Waals surface area contributed by atoms with Crippen molar-refractivity contribution in [3.05, 3.63) is 29.4 Å². The second-order valence-electron chi connectivity index (χ2n) is 5.03. The van der Waals surface area contributed by atoms with E-state index in [1.54, 1.807) is 26.8 Å². The molecule has 18 heavy (non-hydrogen) atoms. The lowest BCUT2D eigenvalue weighted by atomic mass is 10.2. The van der Waals surface area contributed by atoms with Crippen LogP contribution in [-0.4, -0.2) is 21.4 Å². The van der Waals surface area contributed by atoms with Crippen LogP contribution in [-0.2, 0) is 4.74 Å². The highest BCUT2D eigenvalue weighted by molar-refractivity contribution is 6.36. The van der Waals surface area contributed by atoms with Gasteiger partial charge in [0.25, 0.3) is 0 Å². The van der Waals surface area contributed by atoms with Gasteiger partial charge in [0, 0.05) is 11.6 Å². The fourth-order valence-corrected chi connectivity index (χ4v) is 1.89. The number of phenolic OH excluding ortho intramolecular Hbond substituents is 1. The smallest absolute Gasteiger partial charge is 0.419 e. The first-order valence-electron chi connectivity index (χ1n) is 5.51. The minimum atomic E-state index is -0.572. The molecule has 0 amide bonds. The lowest BCUT2D eigenvalue weighted by Gasteiger charge is -2.19. The number of halogens is 1. The summed E-state index contributed by atoms with van der Waals surface area (Å²) in [5, 5.41) is 10.4. The predicted octanol–water partition coefficient (Wildman–Crippen LogP) is 3.78. The average molecular weight is 268 g/mol. The van der Waals surface area contributed by atoms with Crippen LogP contribution in [0.15, 0.2) is 24.4 Å². The van der Waals surface area contributed by atoms with Crippen molar-refractivity contribution >= 4 is 28.6 Å². The number of ether oxygens (including phenoxy) is 1. The summed E-state index contributed by atoms with van der Waals surface area (Å²) in [4.78, 5) is 12.0. The van der Waals surface area contributed by atoms with Crippen LogP contribution in [0.5, 0.6) is 5.75 Å². The summed E-state index contributed by atoms with van der Waals surface area (Å²) in [6.07, 6.45) is 0.991. The molecule has 1 heterocycles. The fourth-order valence-electron chi connectivity index (χ4n) is 1.64. The molecule has 0 unspecified atom stereocenters. The molecule has 5 heteroatoms. The topological polar surface area (TPSA) is 51.5 Å². The van der Waals surface area contributed by atoms with Crippen LogP contribution < -0.4 is 0 Å². The van der Waals surface area contributed by atoms with Gasteiger partial charge in [-0.1, -0.05) is 11.6 Å². The number of benzene rings is 1. The van der Waals surface area contributed by atoms with Crippen LogP contribution in [0.1, 0.15) is 20.8 Å². The third-order valence-electron chi connectivity index (χ3n) is 2.33. The number of fused-ring (bicyclic) bond motifs is 1. The van der Waals surface area contributed by atoms with Crippen molar-refractivity contribution in [2.75, 3.05) is 0 Å². The number of aromatic nitrogens is 1. The SMILES string of the molecule is CC(C)(C)OC(=O)n1cc(Cl)c2cc(O)ccc21. The Morgan fingerprint density at radius 3 is 2.67 bits per heavy atom. The molecule has 2 aromatic rings. The predicted molar refractivity (Wildman–Crippen MR) is 70.2 cm³/mol. The van der Waals surface area contributed by atoms with E-state index < -0.39 is 11.7 Å². The largest absolute Gasteiger partial charge is 0.508 e. The summed E-state index contributed by atoms with van der Waals surface area (Å²) in [5.41, 5.74) is 0.0314. The van der Waals surface area contributed by atoms with Crippen molar-refractivity contribution < 1.29 is 14.6 Å². The Labute approximate surface area is 110 Å².